The van der Waals surface area contributed by atoms with E-state index in [2.05, 4.69) is 6.92 Å². The van der Waals surface area contributed by atoms with Gasteiger partial charge in [0.25, 0.3) is 0 Å². The minimum absolute atomic E-state index is 0.0191. The molecule has 32 heavy (non-hydrogen) atoms. The van der Waals surface area contributed by atoms with Gasteiger partial charge in [-0.3, -0.25) is 4.79 Å². The van der Waals surface area contributed by atoms with E-state index in [1.165, 1.54) is 0 Å². The molecule has 7 rings (SSSR count). The number of benzene rings is 1. The minimum atomic E-state index is -3.53. The molecule has 1 aromatic carbocycles. The number of sulfone groups is 1. The molecule has 0 amide bonds. The van der Waals surface area contributed by atoms with Crippen LogP contribution in [0.2, 0.25) is 0 Å². The number of nitrogens with zero attached hydrogens (tertiary/aromatic N) is 1. The molecule has 166 valence electrons. The maximum atomic E-state index is 13.5. The lowest BCUT2D eigenvalue weighted by Crippen LogP contribution is -2.43. The number of allylic oxidation sites excluding steroid dienone is 1. The highest BCUT2D eigenvalue weighted by Crippen LogP contribution is 2.55. The quantitative estimate of drug-likeness (QED) is 0.627. The number of furan rings is 1. The Hall–Kier alpha value is -2.42. The molecule has 3 atom stereocenters. The van der Waals surface area contributed by atoms with E-state index < -0.39 is 27.1 Å². The molecular formula is C24H23NO6S. The van der Waals surface area contributed by atoms with Crippen LogP contribution < -0.4 is 0 Å². The van der Waals surface area contributed by atoms with E-state index in [4.69, 9.17) is 4.42 Å². The lowest BCUT2D eigenvalue weighted by molar-refractivity contribution is 0.0343. The first-order valence-electron chi connectivity index (χ1n) is 11.1. The zero-order chi connectivity index (χ0) is 22.2. The van der Waals surface area contributed by atoms with Gasteiger partial charge in [-0.05, 0) is 47.6 Å². The standard InChI is InChI=1S/C24H23NO6S/c1-23-4-2-3-12-11-31-21(19(12)23)20(27)14-9-15-13(7-16(14)23)8-17-22-24(15,28)10-18(26)25(22)5-6-32(17,29)30/h7,9,11,18,26,28H,2-6,8,10H2,1H3. The van der Waals surface area contributed by atoms with Gasteiger partial charge >= 0.3 is 0 Å². The van der Waals surface area contributed by atoms with Gasteiger partial charge in [0.2, 0.25) is 5.78 Å². The molecule has 0 spiro atoms. The molecule has 0 saturated carbocycles. The van der Waals surface area contributed by atoms with Crippen molar-refractivity contribution in [3.8, 4) is 0 Å². The Morgan fingerprint density at radius 3 is 2.84 bits per heavy atom. The highest BCUT2D eigenvalue weighted by molar-refractivity contribution is 7.95. The summed E-state index contributed by atoms with van der Waals surface area (Å²) in [4.78, 5) is 15.3. The first-order valence-corrected chi connectivity index (χ1v) is 12.8. The minimum Gasteiger partial charge on any atom is -0.460 e. The molecule has 3 unspecified atom stereocenters. The van der Waals surface area contributed by atoms with E-state index >= 15 is 0 Å². The average Bonchev–Trinajstić information content (AvgIpc) is 3.29. The molecule has 0 radical (unpaired) electrons. The number of aliphatic hydroxyl groups is 2. The van der Waals surface area contributed by atoms with Gasteiger partial charge in [-0.1, -0.05) is 13.0 Å². The lowest BCUT2D eigenvalue weighted by Gasteiger charge is -2.42. The number of fused-ring (bicyclic) bond motifs is 4. The van der Waals surface area contributed by atoms with Crippen LogP contribution in [0.1, 0.15) is 70.1 Å². The van der Waals surface area contributed by atoms with Crippen molar-refractivity contribution in [1.29, 1.82) is 0 Å². The molecule has 2 N–H and O–H groups in total. The summed E-state index contributed by atoms with van der Waals surface area (Å²) >= 11 is 0. The van der Waals surface area contributed by atoms with Crippen LogP contribution in [0.3, 0.4) is 0 Å². The zero-order valence-corrected chi connectivity index (χ0v) is 18.5. The number of aryl methyl sites for hydroxylation is 1. The van der Waals surface area contributed by atoms with Crippen molar-refractivity contribution in [3.05, 3.63) is 68.1 Å². The van der Waals surface area contributed by atoms with E-state index in [0.29, 0.717) is 16.9 Å². The normalized spacial score (nSPS) is 33.5. The SMILES string of the molecule is CC12CCCc3coc(c31)C(=O)c1cc3c(cc12)CC1=C2N(CCS1(=O)=O)C(O)CC23O. The number of hydrogen-bond acceptors (Lipinski definition) is 7. The van der Waals surface area contributed by atoms with Gasteiger partial charge < -0.3 is 19.5 Å². The van der Waals surface area contributed by atoms with Gasteiger partial charge in [0, 0.05) is 35.9 Å². The Kier molecular flexibility index (Phi) is 3.31. The highest BCUT2D eigenvalue weighted by Gasteiger charge is 2.56. The second kappa shape index (κ2) is 5.55. The van der Waals surface area contributed by atoms with Crippen LogP contribution >= 0.6 is 0 Å². The predicted octanol–water partition coefficient (Wildman–Crippen LogP) is 1.87. The van der Waals surface area contributed by atoms with Crippen molar-refractivity contribution < 1.29 is 27.8 Å². The summed E-state index contributed by atoms with van der Waals surface area (Å²) < 4.78 is 31.6. The molecule has 3 aliphatic carbocycles. The Morgan fingerprint density at radius 2 is 2.03 bits per heavy atom. The van der Waals surface area contributed by atoms with Gasteiger partial charge in [-0.25, -0.2) is 8.42 Å². The molecular weight excluding hydrogens is 430 g/mol. The highest BCUT2D eigenvalue weighted by atomic mass is 32.2. The number of carbonyl (C=O) groups is 1. The third-order valence-corrected chi connectivity index (χ3v) is 10.2. The van der Waals surface area contributed by atoms with Gasteiger partial charge in [0.15, 0.2) is 15.6 Å². The van der Waals surface area contributed by atoms with Crippen molar-refractivity contribution in [1.82, 2.24) is 4.90 Å². The Morgan fingerprint density at radius 1 is 1.22 bits per heavy atom. The summed E-state index contributed by atoms with van der Waals surface area (Å²) in [5.74, 6) is 0.112. The topological polar surface area (TPSA) is 108 Å². The Bertz CT molecular complexity index is 1400. The van der Waals surface area contributed by atoms with Crippen LogP contribution in [0, 0.1) is 0 Å². The first kappa shape index (κ1) is 19.1. The van der Waals surface area contributed by atoms with Crippen molar-refractivity contribution in [2.45, 2.75) is 56.3 Å². The largest absolute Gasteiger partial charge is 0.460 e. The molecule has 1 saturated heterocycles. The van der Waals surface area contributed by atoms with E-state index in [9.17, 15) is 23.4 Å². The fourth-order valence-electron chi connectivity index (χ4n) is 6.92. The van der Waals surface area contributed by atoms with Crippen molar-refractivity contribution in [3.63, 3.8) is 0 Å². The van der Waals surface area contributed by atoms with Crippen LogP contribution in [0.4, 0.5) is 0 Å². The summed E-state index contributed by atoms with van der Waals surface area (Å²) in [6.07, 6.45) is 3.60. The number of aliphatic hydroxyl groups excluding tert-OH is 1. The lowest BCUT2D eigenvalue weighted by atomic mass is 9.62. The maximum Gasteiger partial charge on any atom is 0.228 e. The van der Waals surface area contributed by atoms with Crippen molar-refractivity contribution in [2.75, 3.05) is 12.3 Å². The first-order chi connectivity index (χ1) is 15.1. The Balaban J connectivity index is 1.51. The summed E-state index contributed by atoms with van der Waals surface area (Å²) in [7, 11) is -3.53. The summed E-state index contributed by atoms with van der Waals surface area (Å²) in [6.45, 7) is 2.28. The fraction of sp³-hybridized carbons (Fsp3) is 0.458. The molecule has 0 bridgehead atoms. The van der Waals surface area contributed by atoms with Crippen LogP contribution in [0.25, 0.3) is 0 Å². The molecule has 2 aliphatic heterocycles. The molecule has 3 heterocycles. The maximum absolute atomic E-state index is 13.5. The number of rotatable bonds is 0. The third kappa shape index (κ3) is 2.01. The van der Waals surface area contributed by atoms with E-state index in [1.807, 2.05) is 6.07 Å². The van der Waals surface area contributed by atoms with Crippen LogP contribution in [-0.4, -0.2) is 47.8 Å². The van der Waals surface area contributed by atoms with Crippen molar-refractivity contribution >= 4 is 15.6 Å². The summed E-state index contributed by atoms with van der Waals surface area (Å²) in [6, 6.07) is 3.67. The van der Waals surface area contributed by atoms with Crippen LogP contribution in [0.5, 0.6) is 0 Å². The molecule has 1 aromatic heterocycles. The number of hydrogen-bond donors (Lipinski definition) is 2. The fourth-order valence-corrected chi connectivity index (χ4v) is 8.56. The number of ketones is 1. The second-order valence-corrected chi connectivity index (χ2v) is 12.2. The zero-order valence-electron chi connectivity index (χ0n) is 17.6. The molecule has 7 nitrogen and oxygen atoms in total. The predicted molar refractivity (Wildman–Crippen MR) is 114 cm³/mol. The smallest absolute Gasteiger partial charge is 0.228 e. The molecule has 8 heteroatoms. The summed E-state index contributed by atoms with van der Waals surface area (Å²) in [5.41, 5.74) is 2.93. The third-order valence-electron chi connectivity index (χ3n) is 8.38. The van der Waals surface area contributed by atoms with Crippen molar-refractivity contribution in [2.24, 2.45) is 0 Å². The average molecular weight is 454 g/mol. The molecule has 1 fully saturated rings. The van der Waals surface area contributed by atoms with Gasteiger partial charge in [-0.15, -0.1) is 0 Å². The van der Waals surface area contributed by atoms with Gasteiger partial charge in [0.05, 0.1) is 22.6 Å². The number of carbonyl (C=O) groups excluding carboxylic acids is 1. The Labute approximate surface area is 185 Å². The van der Waals surface area contributed by atoms with Gasteiger partial charge in [0.1, 0.15) is 11.8 Å². The van der Waals surface area contributed by atoms with E-state index in [0.717, 1.165) is 41.5 Å². The van der Waals surface area contributed by atoms with Crippen LogP contribution in [-0.2, 0) is 33.7 Å². The van der Waals surface area contributed by atoms with E-state index in [-0.39, 0.29) is 41.5 Å². The molecule has 5 aliphatic rings. The van der Waals surface area contributed by atoms with Gasteiger partial charge in [-0.2, -0.15) is 0 Å². The summed E-state index contributed by atoms with van der Waals surface area (Å²) in [5, 5.41) is 22.4. The second-order valence-electron chi connectivity index (χ2n) is 10.0. The molecule has 2 aromatic rings. The van der Waals surface area contributed by atoms with Crippen LogP contribution in [0.15, 0.2) is 33.4 Å². The van der Waals surface area contributed by atoms with E-state index in [1.54, 1.807) is 17.2 Å². The monoisotopic (exact) mass is 453 g/mol.